The molecular weight excluding hydrogens is 220 g/mol. The number of halogens is 1. The molecule has 2 amide bonds. The molecule has 12 heavy (non-hydrogen) atoms. The number of hydrogen-bond acceptors (Lipinski definition) is 1. The zero-order valence-electron chi connectivity index (χ0n) is 7.48. The van der Waals surface area contributed by atoms with Crippen LogP contribution < -0.4 is 10.6 Å². The van der Waals surface area contributed by atoms with E-state index in [-0.39, 0.29) is 6.03 Å². The molecule has 2 N–H and O–H groups in total. The molecule has 0 bridgehead atoms. The Kier molecular flexibility index (Phi) is 5.80. The summed E-state index contributed by atoms with van der Waals surface area (Å²) in [5.41, 5.74) is 0. The van der Waals surface area contributed by atoms with Crippen molar-refractivity contribution in [3.8, 4) is 0 Å². The van der Waals surface area contributed by atoms with Gasteiger partial charge in [-0.15, -0.1) is 0 Å². The van der Waals surface area contributed by atoms with E-state index >= 15 is 0 Å². The first-order valence-corrected chi connectivity index (χ1v) is 4.66. The second kappa shape index (κ2) is 6.06. The zero-order valence-corrected chi connectivity index (χ0v) is 9.07. The number of carbonyl (C=O) groups excluding carboxylic acids is 1. The van der Waals surface area contributed by atoms with E-state index in [4.69, 9.17) is 0 Å². The van der Waals surface area contributed by atoms with Crippen LogP contribution in [0.2, 0.25) is 0 Å². The van der Waals surface area contributed by atoms with Crippen LogP contribution in [0.15, 0.2) is 11.1 Å². The van der Waals surface area contributed by atoms with Gasteiger partial charge < -0.3 is 10.6 Å². The molecule has 0 unspecified atom stereocenters. The number of nitrogens with one attached hydrogen (secondary N) is 2. The average Bonchev–Trinajstić information content (AvgIpc) is 1.96. The minimum Gasteiger partial charge on any atom is -0.338 e. The average molecular weight is 235 g/mol. The lowest BCUT2D eigenvalue weighted by atomic mass is 10.2. The monoisotopic (exact) mass is 234 g/mol. The Bertz CT molecular complexity index is 168. The summed E-state index contributed by atoms with van der Waals surface area (Å²) in [6, 6.07) is -0.149. The van der Waals surface area contributed by atoms with Gasteiger partial charge in [-0.05, 0) is 5.92 Å². The van der Waals surface area contributed by atoms with Gasteiger partial charge in [0.2, 0.25) is 0 Å². The van der Waals surface area contributed by atoms with Crippen LogP contribution in [0.1, 0.15) is 13.8 Å². The summed E-state index contributed by atoms with van der Waals surface area (Å²) in [6.45, 7) is 8.84. The number of rotatable bonds is 4. The highest BCUT2D eigenvalue weighted by Gasteiger charge is 1.99. The van der Waals surface area contributed by atoms with Gasteiger partial charge in [-0.1, -0.05) is 36.4 Å². The van der Waals surface area contributed by atoms with Gasteiger partial charge in [0.15, 0.2) is 0 Å². The van der Waals surface area contributed by atoms with E-state index in [1.165, 1.54) is 0 Å². The van der Waals surface area contributed by atoms with Crippen LogP contribution in [0.3, 0.4) is 0 Å². The second-order valence-electron chi connectivity index (χ2n) is 2.97. The van der Waals surface area contributed by atoms with Gasteiger partial charge in [-0.3, -0.25) is 0 Å². The summed E-state index contributed by atoms with van der Waals surface area (Å²) in [6.07, 6.45) is 0. The van der Waals surface area contributed by atoms with Crippen molar-refractivity contribution in [2.45, 2.75) is 13.8 Å². The Hall–Kier alpha value is -0.510. The number of hydrogen-bond donors (Lipinski definition) is 2. The van der Waals surface area contributed by atoms with Gasteiger partial charge in [0.25, 0.3) is 0 Å². The molecule has 0 fully saturated rings. The van der Waals surface area contributed by atoms with E-state index in [1.54, 1.807) is 0 Å². The van der Waals surface area contributed by atoms with Crippen LogP contribution in [-0.2, 0) is 0 Å². The van der Waals surface area contributed by atoms with Crippen LogP contribution in [0.4, 0.5) is 4.79 Å². The van der Waals surface area contributed by atoms with Crippen LogP contribution in [-0.4, -0.2) is 19.1 Å². The van der Waals surface area contributed by atoms with Crippen molar-refractivity contribution in [3.63, 3.8) is 0 Å². The molecule has 0 aliphatic carbocycles. The van der Waals surface area contributed by atoms with Crippen LogP contribution >= 0.6 is 15.9 Å². The molecule has 0 rings (SSSR count). The molecule has 0 spiro atoms. The van der Waals surface area contributed by atoms with E-state index in [0.717, 1.165) is 4.48 Å². The fourth-order valence-corrected chi connectivity index (χ4v) is 0.676. The Labute approximate surface area is 81.7 Å². The molecule has 0 heterocycles. The highest BCUT2D eigenvalue weighted by atomic mass is 79.9. The van der Waals surface area contributed by atoms with Crippen LogP contribution in [0, 0.1) is 5.92 Å². The van der Waals surface area contributed by atoms with Gasteiger partial charge in [0.05, 0.1) is 6.54 Å². The van der Waals surface area contributed by atoms with Gasteiger partial charge in [-0.2, -0.15) is 0 Å². The third kappa shape index (κ3) is 7.60. The van der Waals surface area contributed by atoms with E-state index < -0.39 is 0 Å². The maximum Gasteiger partial charge on any atom is 0.315 e. The van der Waals surface area contributed by atoms with Gasteiger partial charge in [0.1, 0.15) is 0 Å². The number of amides is 2. The Morgan fingerprint density at radius 2 is 2.08 bits per heavy atom. The van der Waals surface area contributed by atoms with Crippen molar-refractivity contribution < 1.29 is 4.79 Å². The van der Waals surface area contributed by atoms with Crippen molar-refractivity contribution in [1.82, 2.24) is 10.6 Å². The third-order valence-corrected chi connectivity index (χ3v) is 1.39. The Morgan fingerprint density at radius 1 is 1.50 bits per heavy atom. The summed E-state index contributed by atoms with van der Waals surface area (Å²) < 4.78 is 0.766. The largest absolute Gasteiger partial charge is 0.338 e. The highest BCUT2D eigenvalue weighted by molar-refractivity contribution is 9.11. The molecular formula is C8H15BrN2O. The summed E-state index contributed by atoms with van der Waals surface area (Å²) in [5, 5.41) is 5.37. The van der Waals surface area contributed by atoms with Crippen molar-refractivity contribution in [2.24, 2.45) is 5.92 Å². The Balaban J connectivity index is 3.40. The Morgan fingerprint density at radius 3 is 2.50 bits per heavy atom. The first kappa shape index (κ1) is 11.5. The van der Waals surface area contributed by atoms with Gasteiger partial charge in [-0.25, -0.2) is 4.79 Å². The van der Waals surface area contributed by atoms with Crippen LogP contribution in [0.25, 0.3) is 0 Å². The van der Waals surface area contributed by atoms with E-state index in [1.807, 2.05) is 13.8 Å². The predicted molar refractivity (Wildman–Crippen MR) is 54.3 cm³/mol. The van der Waals surface area contributed by atoms with Crippen molar-refractivity contribution >= 4 is 22.0 Å². The summed E-state index contributed by atoms with van der Waals surface area (Å²) in [4.78, 5) is 11.0. The standard InChI is InChI=1S/C8H15BrN2O/c1-6(2)4-10-8(12)11-5-7(3)9/h6H,3-5H2,1-2H3,(H2,10,11,12). The van der Waals surface area contributed by atoms with E-state index in [9.17, 15) is 4.79 Å². The zero-order chi connectivity index (χ0) is 9.56. The molecule has 0 aromatic heterocycles. The molecule has 0 aliphatic rings. The lowest BCUT2D eigenvalue weighted by Crippen LogP contribution is -2.37. The maximum absolute atomic E-state index is 11.0. The van der Waals surface area contributed by atoms with Gasteiger partial charge in [0, 0.05) is 11.0 Å². The molecule has 0 saturated heterocycles. The minimum atomic E-state index is -0.149. The number of carbonyl (C=O) groups is 1. The van der Waals surface area contributed by atoms with Crippen molar-refractivity contribution in [1.29, 1.82) is 0 Å². The number of urea groups is 1. The summed E-state index contributed by atoms with van der Waals surface area (Å²) >= 11 is 3.15. The smallest absolute Gasteiger partial charge is 0.315 e. The van der Waals surface area contributed by atoms with Gasteiger partial charge >= 0.3 is 6.03 Å². The summed E-state index contributed by atoms with van der Waals surface area (Å²) in [5.74, 6) is 0.475. The topological polar surface area (TPSA) is 41.1 Å². The molecule has 3 nitrogen and oxygen atoms in total. The molecule has 70 valence electrons. The molecule has 0 saturated carbocycles. The minimum absolute atomic E-state index is 0.149. The lowest BCUT2D eigenvalue weighted by Gasteiger charge is -2.08. The molecule has 0 aromatic carbocycles. The fourth-order valence-electron chi connectivity index (χ4n) is 0.536. The second-order valence-corrected chi connectivity index (χ2v) is 4.10. The first-order valence-electron chi connectivity index (χ1n) is 3.87. The maximum atomic E-state index is 11.0. The quantitative estimate of drug-likeness (QED) is 0.767. The summed E-state index contributed by atoms with van der Waals surface area (Å²) in [7, 11) is 0. The predicted octanol–water partition coefficient (Wildman–Crippen LogP) is 1.85. The van der Waals surface area contributed by atoms with E-state index in [0.29, 0.717) is 19.0 Å². The van der Waals surface area contributed by atoms with Crippen molar-refractivity contribution in [2.75, 3.05) is 13.1 Å². The SMILES string of the molecule is C=C(Br)CNC(=O)NCC(C)C. The molecule has 0 atom stereocenters. The van der Waals surface area contributed by atoms with Crippen molar-refractivity contribution in [3.05, 3.63) is 11.1 Å². The van der Waals surface area contributed by atoms with Crippen LogP contribution in [0.5, 0.6) is 0 Å². The fraction of sp³-hybridized carbons (Fsp3) is 0.625. The molecule has 0 aliphatic heterocycles. The third-order valence-electron chi connectivity index (χ3n) is 1.11. The van der Waals surface area contributed by atoms with E-state index in [2.05, 4.69) is 33.1 Å². The lowest BCUT2D eigenvalue weighted by molar-refractivity contribution is 0.240. The highest BCUT2D eigenvalue weighted by Crippen LogP contribution is 1.96. The molecule has 4 heteroatoms. The molecule has 0 aromatic rings. The molecule has 0 radical (unpaired) electrons. The first-order chi connectivity index (χ1) is 5.52. The normalized spacial score (nSPS) is 9.67.